The first-order valence-corrected chi connectivity index (χ1v) is 6.10. The van der Waals surface area contributed by atoms with Crippen molar-refractivity contribution in [2.24, 2.45) is 0 Å². The van der Waals surface area contributed by atoms with Crippen LogP contribution in [0.2, 0.25) is 0 Å². The molecule has 1 N–H and O–H groups in total. The average Bonchev–Trinajstić information content (AvgIpc) is 2.79. The molecule has 0 radical (unpaired) electrons. The Bertz CT molecular complexity index is 532. The van der Waals surface area contributed by atoms with Gasteiger partial charge in [-0.05, 0) is 42.8 Å². The van der Waals surface area contributed by atoms with Gasteiger partial charge in [-0.3, -0.25) is 0 Å². The molecule has 96 valence electrons. The number of hydrogen-bond acceptors (Lipinski definition) is 2. The second-order valence-corrected chi connectivity index (χ2v) is 4.64. The lowest BCUT2D eigenvalue weighted by molar-refractivity contribution is 0.622. The zero-order valence-corrected chi connectivity index (χ0v) is 10.9. The molecule has 0 spiro atoms. The van der Waals surface area contributed by atoms with Crippen LogP contribution in [0.1, 0.15) is 31.0 Å². The van der Waals surface area contributed by atoms with Gasteiger partial charge in [-0.15, -0.1) is 0 Å². The molecule has 0 saturated carbocycles. The molecule has 3 nitrogen and oxygen atoms in total. The minimum absolute atomic E-state index is 0.222. The number of halogens is 1. The smallest absolute Gasteiger partial charge is 0.123 e. The number of nitrogens with zero attached hydrogens (tertiary/aromatic N) is 2. The van der Waals surface area contributed by atoms with Gasteiger partial charge < -0.3 is 5.32 Å². The third-order valence-electron chi connectivity index (χ3n) is 2.86. The first kappa shape index (κ1) is 12.8. The Labute approximate surface area is 107 Å². The maximum atomic E-state index is 13.3. The largest absolute Gasteiger partial charge is 0.316 e. The van der Waals surface area contributed by atoms with E-state index in [1.807, 2.05) is 19.3 Å². The van der Waals surface area contributed by atoms with Crippen LogP contribution in [0.4, 0.5) is 4.39 Å². The molecule has 0 bridgehead atoms. The van der Waals surface area contributed by atoms with Gasteiger partial charge in [0, 0.05) is 12.7 Å². The summed E-state index contributed by atoms with van der Waals surface area (Å²) in [4.78, 5) is 0. The Kier molecular flexibility index (Phi) is 3.77. The number of rotatable bonds is 4. The van der Waals surface area contributed by atoms with Crippen LogP contribution in [0.15, 0.2) is 30.5 Å². The lowest BCUT2D eigenvalue weighted by atomic mass is 10.1. The molecule has 1 aromatic carbocycles. The summed E-state index contributed by atoms with van der Waals surface area (Å²) >= 11 is 0. The highest BCUT2D eigenvalue weighted by molar-refractivity contribution is 5.41. The molecule has 1 aromatic heterocycles. The van der Waals surface area contributed by atoms with E-state index in [1.54, 1.807) is 16.8 Å². The summed E-state index contributed by atoms with van der Waals surface area (Å²) in [5.41, 5.74) is 2.85. The van der Waals surface area contributed by atoms with Crippen LogP contribution in [0.25, 0.3) is 5.69 Å². The van der Waals surface area contributed by atoms with Crippen LogP contribution in [0.3, 0.4) is 0 Å². The predicted octanol–water partition coefficient (Wildman–Crippen LogP) is 2.85. The molecule has 0 saturated heterocycles. The summed E-state index contributed by atoms with van der Waals surface area (Å²) in [6.07, 6.45) is 1.92. The maximum Gasteiger partial charge on any atom is 0.123 e. The second-order valence-electron chi connectivity index (χ2n) is 4.64. The van der Waals surface area contributed by atoms with E-state index >= 15 is 0 Å². The van der Waals surface area contributed by atoms with E-state index in [9.17, 15) is 4.39 Å². The van der Waals surface area contributed by atoms with Crippen LogP contribution < -0.4 is 5.32 Å². The van der Waals surface area contributed by atoms with Gasteiger partial charge in [0.25, 0.3) is 0 Å². The molecule has 0 atom stereocenters. The molecule has 0 amide bonds. The van der Waals surface area contributed by atoms with E-state index in [-0.39, 0.29) is 5.82 Å². The minimum Gasteiger partial charge on any atom is -0.316 e. The Balaban J connectivity index is 2.42. The van der Waals surface area contributed by atoms with Gasteiger partial charge in [-0.2, -0.15) is 5.10 Å². The van der Waals surface area contributed by atoms with Crippen molar-refractivity contribution in [3.8, 4) is 5.69 Å². The highest BCUT2D eigenvalue weighted by Crippen LogP contribution is 2.18. The minimum atomic E-state index is -0.222. The van der Waals surface area contributed by atoms with Crippen molar-refractivity contribution in [3.05, 3.63) is 47.5 Å². The molecule has 0 aliphatic carbocycles. The molecule has 2 aromatic rings. The number of nitrogens with one attached hydrogen (secondary N) is 1. The fraction of sp³-hybridized carbons (Fsp3) is 0.357. The van der Waals surface area contributed by atoms with Crippen molar-refractivity contribution in [2.45, 2.75) is 26.3 Å². The topological polar surface area (TPSA) is 29.9 Å². The molecule has 4 heteroatoms. The van der Waals surface area contributed by atoms with Gasteiger partial charge in [0.05, 0.1) is 11.4 Å². The number of benzene rings is 1. The number of aromatic nitrogens is 2. The van der Waals surface area contributed by atoms with E-state index in [1.165, 1.54) is 6.07 Å². The summed E-state index contributed by atoms with van der Waals surface area (Å²) in [6.45, 7) is 4.82. The Morgan fingerprint density at radius 3 is 2.72 bits per heavy atom. The molecular weight excluding hydrogens is 229 g/mol. The molecule has 0 fully saturated rings. The van der Waals surface area contributed by atoms with Crippen molar-refractivity contribution in [1.29, 1.82) is 0 Å². The molecule has 0 unspecified atom stereocenters. The first-order valence-electron chi connectivity index (χ1n) is 6.10. The second kappa shape index (κ2) is 5.31. The lowest BCUT2D eigenvalue weighted by Crippen LogP contribution is -2.10. The molecule has 2 rings (SSSR count). The van der Waals surface area contributed by atoms with Crippen LogP contribution in [-0.4, -0.2) is 16.8 Å². The SMILES string of the molecule is CNCc1cc(F)ccc1-n1ccc(C(C)C)n1. The van der Waals surface area contributed by atoms with Crippen molar-refractivity contribution < 1.29 is 4.39 Å². The highest BCUT2D eigenvalue weighted by atomic mass is 19.1. The predicted molar refractivity (Wildman–Crippen MR) is 70.4 cm³/mol. The fourth-order valence-corrected chi connectivity index (χ4v) is 1.89. The zero-order chi connectivity index (χ0) is 13.1. The Morgan fingerprint density at radius 1 is 1.33 bits per heavy atom. The van der Waals surface area contributed by atoms with Gasteiger partial charge in [0.15, 0.2) is 0 Å². The third kappa shape index (κ3) is 2.59. The van der Waals surface area contributed by atoms with Crippen LogP contribution in [0, 0.1) is 5.82 Å². The fourth-order valence-electron chi connectivity index (χ4n) is 1.89. The molecule has 0 aliphatic rings. The molecular formula is C14H18FN3. The van der Waals surface area contributed by atoms with Gasteiger partial charge in [-0.25, -0.2) is 9.07 Å². The van der Waals surface area contributed by atoms with E-state index in [2.05, 4.69) is 24.3 Å². The maximum absolute atomic E-state index is 13.3. The van der Waals surface area contributed by atoms with Gasteiger partial charge in [-0.1, -0.05) is 13.8 Å². The van der Waals surface area contributed by atoms with Gasteiger partial charge in [0.1, 0.15) is 5.82 Å². The lowest BCUT2D eigenvalue weighted by Gasteiger charge is -2.09. The Morgan fingerprint density at radius 2 is 2.11 bits per heavy atom. The van der Waals surface area contributed by atoms with E-state index in [4.69, 9.17) is 0 Å². The van der Waals surface area contributed by atoms with Gasteiger partial charge >= 0.3 is 0 Å². The normalized spacial score (nSPS) is 11.2. The van der Waals surface area contributed by atoms with Crippen LogP contribution in [0.5, 0.6) is 0 Å². The van der Waals surface area contributed by atoms with Gasteiger partial charge in [0.2, 0.25) is 0 Å². The quantitative estimate of drug-likeness (QED) is 0.900. The standard InChI is InChI=1S/C14H18FN3/c1-10(2)13-6-7-18(17-13)14-5-4-12(15)8-11(14)9-16-3/h4-8,10,16H,9H2,1-3H3. The summed E-state index contributed by atoms with van der Waals surface area (Å²) in [6, 6.07) is 6.77. The average molecular weight is 247 g/mol. The Hall–Kier alpha value is -1.68. The van der Waals surface area contributed by atoms with E-state index in [0.717, 1.165) is 16.9 Å². The zero-order valence-electron chi connectivity index (χ0n) is 10.9. The van der Waals surface area contributed by atoms with Crippen LogP contribution >= 0.6 is 0 Å². The van der Waals surface area contributed by atoms with Crippen molar-refractivity contribution in [2.75, 3.05) is 7.05 Å². The van der Waals surface area contributed by atoms with Crippen molar-refractivity contribution in [1.82, 2.24) is 15.1 Å². The summed E-state index contributed by atoms with van der Waals surface area (Å²) in [5.74, 6) is 0.166. The summed E-state index contributed by atoms with van der Waals surface area (Å²) in [7, 11) is 1.84. The summed E-state index contributed by atoms with van der Waals surface area (Å²) < 4.78 is 15.1. The first-order chi connectivity index (χ1) is 8.61. The summed E-state index contributed by atoms with van der Waals surface area (Å²) in [5, 5.41) is 7.56. The van der Waals surface area contributed by atoms with E-state index < -0.39 is 0 Å². The highest BCUT2D eigenvalue weighted by Gasteiger charge is 2.09. The number of hydrogen-bond donors (Lipinski definition) is 1. The monoisotopic (exact) mass is 247 g/mol. The molecule has 0 aliphatic heterocycles. The third-order valence-corrected chi connectivity index (χ3v) is 2.86. The van der Waals surface area contributed by atoms with Crippen molar-refractivity contribution >= 4 is 0 Å². The van der Waals surface area contributed by atoms with E-state index in [0.29, 0.717) is 12.5 Å². The molecule has 18 heavy (non-hydrogen) atoms. The molecule has 1 heterocycles. The van der Waals surface area contributed by atoms with Crippen molar-refractivity contribution in [3.63, 3.8) is 0 Å². The van der Waals surface area contributed by atoms with Crippen LogP contribution in [-0.2, 0) is 6.54 Å².